The molecule has 2 amide bonds. The summed E-state index contributed by atoms with van der Waals surface area (Å²) in [4.78, 5) is 23.8. The van der Waals surface area contributed by atoms with Gasteiger partial charge in [-0.05, 0) is 55.3 Å². The Bertz CT molecular complexity index is 758. The average Bonchev–Trinajstić information content (AvgIpc) is 3.35. The van der Waals surface area contributed by atoms with Crippen LogP contribution in [-0.2, 0) is 4.79 Å². The van der Waals surface area contributed by atoms with Gasteiger partial charge in [0.25, 0.3) is 5.91 Å². The second-order valence-corrected chi connectivity index (χ2v) is 6.33. The Hall–Kier alpha value is -2.21. The highest BCUT2D eigenvalue weighted by molar-refractivity contribution is 9.10. The average molecular weight is 377 g/mol. The van der Waals surface area contributed by atoms with Gasteiger partial charge in [-0.2, -0.15) is 0 Å². The number of hydrogen-bond donors (Lipinski definition) is 2. The monoisotopic (exact) mass is 376 g/mol. The molecule has 118 valence electrons. The zero-order valence-electron chi connectivity index (χ0n) is 12.1. The summed E-state index contributed by atoms with van der Waals surface area (Å²) in [6.07, 6.45) is 1.87. The van der Waals surface area contributed by atoms with Crippen molar-refractivity contribution in [1.82, 2.24) is 0 Å². The number of hydrogen-bond acceptors (Lipinski definition) is 2. The summed E-state index contributed by atoms with van der Waals surface area (Å²) in [5.41, 5.74) is 1.15. The number of rotatable bonds is 4. The van der Waals surface area contributed by atoms with Crippen LogP contribution in [0.5, 0.6) is 0 Å². The highest BCUT2D eigenvalue weighted by Gasteiger charge is 2.29. The van der Waals surface area contributed by atoms with Gasteiger partial charge in [-0.25, -0.2) is 4.39 Å². The molecule has 0 saturated heterocycles. The minimum Gasteiger partial charge on any atom is -0.326 e. The van der Waals surface area contributed by atoms with Crippen molar-refractivity contribution in [2.24, 2.45) is 5.92 Å². The molecular weight excluding hydrogens is 363 g/mol. The minimum atomic E-state index is -0.513. The Morgan fingerprint density at radius 2 is 1.74 bits per heavy atom. The van der Waals surface area contributed by atoms with Gasteiger partial charge < -0.3 is 10.6 Å². The highest BCUT2D eigenvalue weighted by atomic mass is 79.9. The molecule has 2 N–H and O–H groups in total. The van der Waals surface area contributed by atoms with E-state index in [2.05, 4.69) is 26.6 Å². The fraction of sp³-hybridized carbons (Fsp3) is 0.176. The van der Waals surface area contributed by atoms with Gasteiger partial charge in [-0.1, -0.05) is 15.9 Å². The van der Waals surface area contributed by atoms with E-state index in [9.17, 15) is 14.0 Å². The molecule has 0 radical (unpaired) electrons. The zero-order chi connectivity index (χ0) is 16.4. The van der Waals surface area contributed by atoms with Gasteiger partial charge >= 0.3 is 0 Å². The lowest BCUT2D eigenvalue weighted by atomic mass is 10.2. The van der Waals surface area contributed by atoms with Crippen molar-refractivity contribution < 1.29 is 14.0 Å². The zero-order valence-corrected chi connectivity index (χ0v) is 13.7. The Kier molecular flexibility index (Phi) is 4.43. The van der Waals surface area contributed by atoms with Crippen molar-refractivity contribution in [3.63, 3.8) is 0 Å². The SMILES string of the molecule is O=C(Nc1ccc(Br)cc1F)c1ccc(NC(=O)C2CC2)cc1. The quantitative estimate of drug-likeness (QED) is 0.840. The van der Waals surface area contributed by atoms with Crippen LogP contribution in [0.1, 0.15) is 23.2 Å². The summed E-state index contributed by atoms with van der Waals surface area (Å²) in [5, 5.41) is 5.32. The molecule has 1 fully saturated rings. The van der Waals surface area contributed by atoms with Crippen LogP contribution >= 0.6 is 15.9 Å². The molecule has 6 heteroatoms. The first-order chi connectivity index (χ1) is 11.0. The Morgan fingerprint density at radius 1 is 1.04 bits per heavy atom. The van der Waals surface area contributed by atoms with Gasteiger partial charge in [0.2, 0.25) is 5.91 Å². The van der Waals surface area contributed by atoms with E-state index in [1.807, 2.05) is 0 Å². The van der Waals surface area contributed by atoms with Gasteiger partial charge in [-0.15, -0.1) is 0 Å². The van der Waals surface area contributed by atoms with Crippen molar-refractivity contribution in [3.8, 4) is 0 Å². The molecule has 0 unspecified atom stereocenters. The molecule has 2 aromatic carbocycles. The number of nitrogens with one attached hydrogen (secondary N) is 2. The molecule has 3 rings (SSSR count). The predicted molar refractivity (Wildman–Crippen MR) is 89.8 cm³/mol. The molecule has 1 saturated carbocycles. The van der Waals surface area contributed by atoms with Crippen LogP contribution in [0.4, 0.5) is 15.8 Å². The molecule has 0 aromatic heterocycles. The summed E-state index contributed by atoms with van der Waals surface area (Å²) >= 11 is 3.16. The van der Waals surface area contributed by atoms with E-state index in [1.54, 1.807) is 30.3 Å². The van der Waals surface area contributed by atoms with E-state index < -0.39 is 11.7 Å². The molecule has 23 heavy (non-hydrogen) atoms. The van der Waals surface area contributed by atoms with Crippen molar-refractivity contribution in [1.29, 1.82) is 0 Å². The van der Waals surface area contributed by atoms with Crippen LogP contribution in [-0.4, -0.2) is 11.8 Å². The van der Waals surface area contributed by atoms with E-state index >= 15 is 0 Å². The molecule has 0 atom stereocenters. The Morgan fingerprint density at radius 3 is 2.35 bits per heavy atom. The van der Waals surface area contributed by atoms with Crippen LogP contribution in [0.25, 0.3) is 0 Å². The third-order valence-electron chi connectivity index (χ3n) is 3.54. The number of amides is 2. The van der Waals surface area contributed by atoms with Gasteiger partial charge in [0.1, 0.15) is 5.82 Å². The maximum absolute atomic E-state index is 13.7. The van der Waals surface area contributed by atoms with Crippen molar-refractivity contribution in [2.45, 2.75) is 12.8 Å². The number of carbonyl (C=O) groups excluding carboxylic acids is 2. The standard InChI is InChI=1S/C17H14BrFN2O2/c18-12-5-8-15(14(19)9-12)21-17(23)11-3-6-13(7-4-11)20-16(22)10-1-2-10/h3-10H,1-2H2,(H,20,22)(H,21,23). The van der Waals surface area contributed by atoms with Crippen molar-refractivity contribution in [2.75, 3.05) is 10.6 Å². The summed E-state index contributed by atoms with van der Waals surface area (Å²) in [5.74, 6) is -0.787. The molecule has 0 spiro atoms. The molecule has 1 aliphatic carbocycles. The number of anilines is 2. The summed E-state index contributed by atoms with van der Waals surface area (Å²) in [6, 6.07) is 10.9. The molecule has 0 heterocycles. The normalized spacial score (nSPS) is 13.5. The summed E-state index contributed by atoms with van der Waals surface area (Å²) in [6.45, 7) is 0. The predicted octanol–water partition coefficient (Wildman–Crippen LogP) is 4.19. The Labute approximate surface area is 141 Å². The van der Waals surface area contributed by atoms with Gasteiger partial charge in [0.15, 0.2) is 0 Å². The Balaban J connectivity index is 1.66. The first-order valence-corrected chi connectivity index (χ1v) is 7.99. The molecule has 0 aliphatic heterocycles. The van der Waals surface area contributed by atoms with E-state index in [4.69, 9.17) is 0 Å². The third kappa shape index (κ3) is 3.96. The number of benzene rings is 2. The van der Waals surface area contributed by atoms with Crippen LogP contribution in [0, 0.1) is 11.7 Å². The summed E-state index contributed by atoms with van der Waals surface area (Å²) < 4.78 is 14.3. The first kappa shape index (κ1) is 15.7. The van der Waals surface area contributed by atoms with Crippen LogP contribution in [0.3, 0.4) is 0 Å². The second kappa shape index (κ2) is 6.50. The van der Waals surface area contributed by atoms with E-state index in [1.165, 1.54) is 12.1 Å². The van der Waals surface area contributed by atoms with Crippen LogP contribution < -0.4 is 10.6 Å². The van der Waals surface area contributed by atoms with Crippen molar-refractivity contribution >= 4 is 39.1 Å². The molecular formula is C17H14BrFN2O2. The number of carbonyl (C=O) groups is 2. The van der Waals surface area contributed by atoms with Gasteiger partial charge in [0, 0.05) is 21.6 Å². The first-order valence-electron chi connectivity index (χ1n) is 7.20. The van der Waals surface area contributed by atoms with Gasteiger partial charge in [-0.3, -0.25) is 9.59 Å². The van der Waals surface area contributed by atoms with Gasteiger partial charge in [0.05, 0.1) is 5.69 Å². The fourth-order valence-corrected chi connectivity index (χ4v) is 2.41. The lowest BCUT2D eigenvalue weighted by molar-refractivity contribution is -0.117. The second-order valence-electron chi connectivity index (χ2n) is 5.42. The van der Waals surface area contributed by atoms with Crippen LogP contribution in [0.15, 0.2) is 46.9 Å². The van der Waals surface area contributed by atoms with E-state index in [0.717, 1.165) is 12.8 Å². The molecule has 2 aromatic rings. The molecule has 4 nitrogen and oxygen atoms in total. The maximum atomic E-state index is 13.7. The maximum Gasteiger partial charge on any atom is 0.255 e. The molecule has 0 bridgehead atoms. The van der Waals surface area contributed by atoms with Crippen LogP contribution in [0.2, 0.25) is 0 Å². The summed E-state index contributed by atoms with van der Waals surface area (Å²) in [7, 11) is 0. The van der Waals surface area contributed by atoms with E-state index in [0.29, 0.717) is 15.7 Å². The molecule has 1 aliphatic rings. The number of halogens is 2. The largest absolute Gasteiger partial charge is 0.326 e. The smallest absolute Gasteiger partial charge is 0.255 e. The fourth-order valence-electron chi connectivity index (χ4n) is 2.08. The van der Waals surface area contributed by atoms with Crippen molar-refractivity contribution in [3.05, 3.63) is 58.3 Å². The topological polar surface area (TPSA) is 58.2 Å². The lowest BCUT2D eigenvalue weighted by Gasteiger charge is -2.08. The minimum absolute atomic E-state index is 0.0131. The lowest BCUT2D eigenvalue weighted by Crippen LogP contribution is -2.15. The van der Waals surface area contributed by atoms with E-state index in [-0.39, 0.29) is 17.5 Å². The highest BCUT2D eigenvalue weighted by Crippen LogP contribution is 2.30. The third-order valence-corrected chi connectivity index (χ3v) is 4.04.